The molecule has 82 valence electrons. The van der Waals surface area contributed by atoms with Gasteiger partial charge in [0, 0.05) is 5.54 Å². The van der Waals surface area contributed by atoms with Gasteiger partial charge in [-0.15, -0.1) is 0 Å². The lowest BCUT2D eigenvalue weighted by Crippen LogP contribution is -2.42. The smallest absolute Gasteiger partial charge is 0.300 e. The maximum absolute atomic E-state index is 10.2. The first-order valence-corrected chi connectivity index (χ1v) is 4.62. The zero-order valence-electron chi connectivity index (χ0n) is 9.84. The third-order valence-corrected chi connectivity index (χ3v) is 1.08. The van der Waals surface area contributed by atoms with Crippen molar-refractivity contribution in [2.75, 3.05) is 0 Å². The van der Waals surface area contributed by atoms with Gasteiger partial charge in [0.25, 0.3) is 6.02 Å². The van der Waals surface area contributed by atoms with E-state index in [1.54, 1.807) is 0 Å². The molecule has 0 fully saturated rings. The van der Waals surface area contributed by atoms with Crippen LogP contribution in [0.4, 0.5) is 0 Å². The summed E-state index contributed by atoms with van der Waals surface area (Å²) in [7, 11) is 0. The molecule has 0 rings (SSSR count). The molecule has 0 bridgehead atoms. The molecular weight excluding hydrogens is 180 g/mol. The van der Waals surface area contributed by atoms with Crippen LogP contribution in [0.15, 0.2) is 4.99 Å². The summed E-state index contributed by atoms with van der Waals surface area (Å²) in [5.74, 6) is 0. The Bertz CT molecular complexity index is 221. The summed E-state index contributed by atoms with van der Waals surface area (Å²) >= 11 is 0. The Labute approximate surface area is 85.7 Å². The van der Waals surface area contributed by atoms with Gasteiger partial charge in [0.2, 0.25) is 0 Å². The zero-order valence-corrected chi connectivity index (χ0v) is 9.84. The lowest BCUT2D eigenvalue weighted by molar-refractivity contribution is -0.122. The van der Waals surface area contributed by atoms with E-state index in [1.165, 1.54) is 0 Å². The number of aliphatic imine (C=N–C) groups is 1. The summed E-state index contributed by atoms with van der Waals surface area (Å²) in [6.45, 7) is 12.1. The van der Waals surface area contributed by atoms with Gasteiger partial charge < -0.3 is 10.1 Å². The molecule has 0 aliphatic carbocycles. The molecule has 0 atom stereocenters. The Morgan fingerprint density at radius 3 is 2.00 bits per heavy atom. The number of rotatable bonds is 1. The molecule has 0 unspecified atom stereocenters. The Morgan fingerprint density at radius 2 is 1.71 bits per heavy atom. The van der Waals surface area contributed by atoms with E-state index in [0.717, 1.165) is 0 Å². The predicted octanol–water partition coefficient (Wildman–Crippen LogP) is 1.70. The highest BCUT2D eigenvalue weighted by atomic mass is 16.5. The van der Waals surface area contributed by atoms with Gasteiger partial charge in [-0.25, -0.2) is 4.99 Å². The number of hydrogen-bond donors (Lipinski definition) is 1. The molecule has 0 saturated heterocycles. The quantitative estimate of drug-likeness (QED) is 0.398. The Balaban J connectivity index is 4.61. The highest BCUT2D eigenvalue weighted by molar-refractivity contribution is 5.80. The summed E-state index contributed by atoms with van der Waals surface area (Å²) in [5, 5.41) is 3.01. The number of hydrogen-bond acceptors (Lipinski definition) is 3. The van der Waals surface area contributed by atoms with Crippen LogP contribution in [0.2, 0.25) is 0 Å². The molecule has 0 heterocycles. The fourth-order valence-corrected chi connectivity index (χ4v) is 0.755. The van der Waals surface area contributed by atoms with Crippen molar-refractivity contribution in [1.82, 2.24) is 5.32 Å². The van der Waals surface area contributed by atoms with Gasteiger partial charge in [-0.1, -0.05) is 0 Å². The number of nitrogens with zero attached hydrogens (tertiary/aromatic N) is 1. The standard InChI is InChI=1S/C10H20N2O2/c1-9(2,3)11-8(14-7-13)12-10(4,5)6/h7H,1-6H3,(H,11,12). The molecule has 0 radical (unpaired) electrons. The molecule has 0 aromatic heterocycles. The number of ether oxygens (including phenoxy) is 1. The van der Waals surface area contributed by atoms with E-state index in [2.05, 4.69) is 10.3 Å². The van der Waals surface area contributed by atoms with Crippen LogP contribution in [0.1, 0.15) is 41.5 Å². The molecule has 14 heavy (non-hydrogen) atoms. The van der Waals surface area contributed by atoms with Crippen molar-refractivity contribution in [2.24, 2.45) is 4.99 Å². The number of carbonyl (C=O) groups is 1. The molecule has 1 N–H and O–H groups in total. The minimum absolute atomic E-state index is 0.174. The van der Waals surface area contributed by atoms with E-state index in [1.807, 2.05) is 41.5 Å². The topological polar surface area (TPSA) is 50.7 Å². The first-order valence-electron chi connectivity index (χ1n) is 4.62. The number of nitrogens with one attached hydrogen (secondary N) is 1. The van der Waals surface area contributed by atoms with Gasteiger partial charge in [-0.05, 0) is 41.5 Å². The van der Waals surface area contributed by atoms with Crippen LogP contribution >= 0.6 is 0 Å². The molecule has 0 aliphatic rings. The molecule has 0 saturated carbocycles. The predicted molar refractivity (Wildman–Crippen MR) is 57.2 cm³/mol. The van der Waals surface area contributed by atoms with E-state index in [-0.39, 0.29) is 17.1 Å². The highest BCUT2D eigenvalue weighted by Crippen LogP contribution is 2.08. The van der Waals surface area contributed by atoms with Crippen LogP contribution in [0, 0.1) is 0 Å². The fraction of sp³-hybridized carbons (Fsp3) is 0.800. The van der Waals surface area contributed by atoms with Crippen molar-refractivity contribution in [3.05, 3.63) is 0 Å². The third-order valence-electron chi connectivity index (χ3n) is 1.08. The third kappa shape index (κ3) is 7.58. The van der Waals surface area contributed by atoms with E-state index in [9.17, 15) is 4.79 Å². The van der Waals surface area contributed by atoms with Crippen LogP contribution in [0.3, 0.4) is 0 Å². The largest absolute Gasteiger partial charge is 0.395 e. The van der Waals surface area contributed by atoms with Crippen LogP contribution < -0.4 is 5.32 Å². The second-order valence-electron chi connectivity index (χ2n) is 5.18. The normalized spacial score (nSPS) is 13.7. The van der Waals surface area contributed by atoms with Crippen LogP contribution in [0.5, 0.6) is 0 Å². The summed E-state index contributed by atoms with van der Waals surface area (Å²) in [5.41, 5.74) is -0.441. The van der Waals surface area contributed by atoms with Gasteiger partial charge in [0.15, 0.2) is 0 Å². The van der Waals surface area contributed by atoms with E-state index >= 15 is 0 Å². The van der Waals surface area contributed by atoms with Crippen molar-refractivity contribution in [2.45, 2.75) is 52.6 Å². The van der Waals surface area contributed by atoms with Gasteiger partial charge in [-0.3, -0.25) is 4.79 Å². The minimum Gasteiger partial charge on any atom is -0.395 e. The lowest BCUT2D eigenvalue weighted by atomic mass is 10.1. The first kappa shape index (κ1) is 12.9. The summed E-state index contributed by atoms with van der Waals surface area (Å²) in [6.07, 6.45) is 0. The van der Waals surface area contributed by atoms with Gasteiger partial charge in [0.05, 0.1) is 5.54 Å². The molecule has 0 aromatic carbocycles. The molecule has 0 spiro atoms. The zero-order chi connectivity index (χ0) is 11.4. The highest BCUT2D eigenvalue weighted by Gasteiger charge is 2.16. The number of amidine groups is 1. The van der Waals surface area contributed by atoms with Gasteiger partial charge >= 0.3 is 6.47 Å². The van der Waals surface area contributed by atoms with Crippen LogP contribution in [0.25, 0.3) is 0 Å². The molecule has 4 heteroatoms. The molecule has 0 aliphatic heterocycles. The molecule has 0 amide bonds. The van der Waals surface area contributed by atoms with Crippen molar-refractivity contribution >= 4 is 12.5 Å². The molecule has 4 nitrogen and oxygen atoms in total. The average Bonchev–Trinajstić information content (AvgIpc) is 1.78. The van der Waals surface area contributed by atoms with Crippen LogP contribution in [-0.2, 0) is 9.53 Å². The van der Waals surface area contributed by atoms with E-state index in [4.69, 9.17) is 4.74 Å². The van der Waals surface area contributed by atoms with Crippen molar-refractivity contribution in [3.8, 4) is 0 Å². The van der Waals surface area contributed by atoms with Gasteiger partial charge in [0.1, 0.15) is 0 Å². The number of carbonyl (C=O) groups excluding carboxylic acids is 1. The Kier molecular flexibility index (Phi) is 4.10. The maximum Gasteiger partial charge on any atom is 0.300 e. The second kappa shape index (κ2) is 4.44. The Morgan fingerprint density at radius 1 is 1.21 bits per heavy atom. The maximum atomic E-state index is 10.2. The molecular formula is C10H20N2O2. The van der Waals surface area contributed by atoms with Crippen LogP contribution in [-0.4, -0.2) is 23.6 Å². The van der Waals surface area contributed by atoms with E-state index < -0.39 is 0 Å². The molecule has 0 aromatic rings. The fourth-order valence-electron chi connectivity index (χ4n) is 0.755. The SMILES string of the molecule is CC(C)(C)N=C(NC(C)(C)C)OC=O. The van der Waals surface area contributed by atoms with Crippen molar-refractivity contribution in [1.29, 1.82) is 0 Å². The lowest BCUT2D eigenvalue weighted by Gasteiger charge is -2.23. The second-order valence-corrected chi connectivity index (χ2v) is 5.18. The Hall–Kier alpha value is -1.06. The van der Waals surface area contributed by atoms with E-state index in [0.29, 0.717) is 6.47 Å². The summed E-state index contributed by atoms with van der Waals surface area (Å²) in [6, 6.07) is 0.264. The minimum atomic E-state index is -0.267. The summed E-state index contributed by atoms with van der Waals surface area (Å²) in [4.78, 5) is 14.5. The van der Waals surface area contributed by atoms with Crippen molar-refractivity contribution < 1.29 is 9.53 Å². The van der Waals surface area contributed by atoms with Gasteiger partial charge in [-0.2, -0.15) is 0 Å². The van der Waals surface area contributed by atoms with Crippen molar-refractivity contribution in [3.63, 3.8) is 0 Å². The monoisotopic (exact) mass is 200 g/mol. The first-order chi connectivity index (χ1) is 6.14. The average molecular weight is 200 g/mol. The summed E-state index contributed by atoms with van der Waals surface area (Å²) < 4.78 is 4.75.